The van der Waals surface area contributed by atoms with E-state index in [0.717, 1.165) is 36.4 Å². The highest BCUT2D eigenvalue weighted by molar-refractivity contribution is 7.89. The van der Waals surface area contributed by atoms with Crippen molar-refractivity contribution >= 4 is 10.0 Å². The monoisotopic (exact) mass is 340 g/mol. The number of nitrogens with zero attached hydrogens (tertiary/aromatic N) is 2. The van der Waals surface area contributed by atoms with Crippen LogP contribution in [0.1, 0.15) is 31.4 Å². The largest absolute Gasteiger partial charge is 0.496 e. The second kappa shape index (κ2) is 7.20. The Morgan fingerprint density at radius 1 is 1.13 bits per heavy atom. The molecule has 0 N–H and O–H groups in total. The normalized spacial score (nSPS) is 18.8. The molecule has 130 valence electrons. The SMILES string of the molecule is CCC(C)N1CCN(S(=O)(=O)c2cc(C)c(OC)cc2C)CC1. The maximum atomic E-state index is 13.0. The molecular weight excluding hydrogens is 312 g/mol. The number of sulfonamides is 1. The zero-order valence-electron chi connectivity index (χ0n) is 14.8. The zero-order valence-corrected chi connectivity index (χ0v) is 15.6. The minimum Gasteiger partial charge on any atom is -0.496 e. The van der Waals surface area contributed by atoms with Gasteiger partial charge >= 0.3 is 0 Å². The van der Waals surface area contributed by atoms with Gasteiger partial charge in [-0.1, -0.05) is 6.92 Å². The number of benzene rings is 1. The Bertz CT molecular complexity index is 650. The van der Waals surface area contributed by atoms with Gasteiger partial charge in [-0.2, -0.15) is 4.31 Å². The van der Waals surface area contributed by atoms with E-state index in [1.54, 1.807) is 23.5 Å². The summed E-state index contributed by atoms with van der Waals surface area (Å²) in [5.41, 5.74) is 1.58. The summed E-state index contributed by atoms with van der Waals surface area (Å²) in [5.74, 6) is 0.725. The minimum absolute atomic E-state index is 0.396. The van der Waals surface area contributed by atoms with Crippen molar-refractivity contribution in [2.75, 3.05) is 33.3 Å². The fraction of sp³-hybridized carbons (Fsp3) is 0.647. The number of ether oxygens (including phenoxy) is 1. The second-order valence-corrected chi connectivity index (χ2v) is 8.19. The maximum Gasteiger partial charge on any atom is 0.243 e. The Kier molecular flexibility index (Phi) is 5.70. The Morgan fingerprint density at radius 3 is 2.26 bits per heavy atom. The van der Waals surface area contributed by atoms with Gasteiger partial charge in [-0.25, -0.2) is 8.42 Å². The van der Waals surface area contributed by atoms with Gasteiger partial charge < -0.3 is 4.74 Å². The predicted molar refractivity (Wildman–Crippen MR) is 92.6 cm³/mol. The molecule has 0 aromatic heterocycles. The molecule has 1 unspecified atom stereocenters. The lowest BCUT2D eigenvalue weighted by Crippen LogP contribution is -2.51. The summed E-state index contributed by atoms with van der Waals surface area (Å²) in [6.07, 6.45) is 1.09. The van der Waals surface area contributed by atoms with E-state index >= 15 is 0 Å². The molecule has 2 rings (SSSR count). The molecule has 1 fully saturated rings. The van der Waals surface area contributed by atoms with E-state index < -0.39 is 10.0 Å². The third-order valence-corrected chi connectivity index (χ3v) is 6.84. The van der Waals surface area contributed by atoms with Crippen LogP contribution in [0.15, 0.2) is 17.0 Å². The van der Waals surface area contributed by atoms with Gasteiger partial charge in [0.05, 0.1) is 12.0 Å². The minimum atomic E-state index is -3.44. The number of hydrogen-bond acceptors (Lipinski definition) is 4. The number of hydrogen-bond donors (Lipinski definition) is 0. The van der Waals surface area contributed by atoms with Crippen molar-refractivity contribution in [3.8, 4) is 5.75 Å². The molecule has 1 heterocycles. The molecule has 0 amide bonds. The highest BCUT2D eigenvalue weighted by Gasteiger charge is 2.31. The van der Waals surface area contributed by atoms with Crippen LogP contribution in [0, 0.1) is 13.8 Å². The van der Waals surface area contributed by atoms with Crippen LogP contribution in [0.25, 0.3) is 0 Å². The fourth-order valence-electron chi connectivity index (χ4n) is 3.04. The summed E-state index contributed by atoms with van der Waals surface area (Å²) in [6.45, 7) is 10.8. The predicted octanol–water partition coefficient (Wildman–Crippen LogP) is 2.42. The summed E-state index contributed by atoms with van der Waals surface area (Å²) < 4.78 is 32.8. The summed E-state index contributed by atoms with van der Waals surface area (Å²) in [4.78, 5) is 2.76. The van der Waals surface area contributed by atoms with Crippen LogP contribution >= 0.6 is 0 Å². The summed E-state index contributed by atoms with van der Waals surface area (Å²) in [6, 6.07) is 4.03. The first-order valence-electron chi connectivity index (χ1n) is 8.20. The molecular formula is C17H28N2O3S. The van der Waals surface area contributed by atoms with Gasteiger partial charge in [-0.3, -0.25) is 4.90 Å². The molecule has 1 aliphatic rings. The summed E-state index contributed by atoms with van der Waals surface area (Å²) in [5, 5.41) is 0. The van der Waals surface area contributed by atoms with Crippen LogP contribution in [0.5, 0.6) is 5.75 Å². The quantitative estimate of drug-likeness (QED) is 0.826. The molecule has 0 aliphatic carbocycles. The van der Waals surface area contributed by atoms with Crippen LogP contribution in [0.2, 0.25) is 0 Å². The van der Waals surface area contributed by atoms with Crippen LogP contribution in [-0.2, 0) is 10.0 Å². The number of aryl methyl sites for hydroxylation is 2. The van der Waals surface area contributed by atoms with E-state index in [4.69, 9.17) is 4.74 Å². The molecule has 0 radical (unpaired) electrons. The smallest absolute Gasteiger partial charge is 0.243 e. The van der Waals surface area contributed by atoms with Crippen molar-refractivity contribution in [3.05, 3.63) is 23.3 Å². The molecule has 0 saturated carbocycles. The van der Waals surface area contributed by atoms with Crippen LogP contribution in [0.4, 0.5) is 0 Å². The molecule has 1 aliphatic heterocycles. The Hall–Kier alpha value is -1.11. The number of rotatable bonds is 5. The van der Waals surface area contributed by atoms with Crippen molar-refractivity contribution in [3.63, 3.8) is 0 Å². The number of methoxy groups -OCH3 is 1. The molecule has 5 nitrogen and oxygen atoms in total. The topological polar surface area (TPSA) is 49.9 Å². The molecule has 6 heteroatoms. The fourth-order valence-corrected chi connectivity index (χ4v) is 4.76. The van der Waals surface area contributed by atoms with E-state index in [0.29, 0.717) is 24.0 Å². The van der Waals surface area contributed by atoms with Gasteiger partial charge in [-0.05, 0) is 50.5 Å². The highest BCUT2D eigenvalue weighted by Crippen LogP contribution is 2.28. The third-order valence-electron chi connectivity index (χ3n) is 4.80. The zero-order chi connectivity index (χ0) is 17.2. The van der Waals surface area contributed by atoms with Crippen molar-refractivity contribution in [1.82, 2.24) is 9.21 Å². The van der Waals surface area contributed by atoms with E-state index in [2.05, 4.69) is 18.7 Å². The van der Waals surface area contributed by atoms with Crippen LogP contribution < -0.4 is 4.74 Å². The van der Waals surface area contributed by atoms with Crippen molar-refractivity contribution in [1.29, 1.82) is 0 Å². The van der Waals surface area contributed by atoms with Gasteiger partial charge in [0.2, 0.25) is 10.0 Å². The van der Waals surface area contributed by atoms with Gasteiger partial charge in [-0.15, -0.1) is 0 Å². The molecule has 1 atom stereocenters. The Morgan fingerprint density at radius 2 is 1.74 bits per heavy atom. The van der Waals surface area contributed by atoms with E-state index in [1.165, 1.54) is 0 Å². The van der Waals surface area contributed by atoms with Gasteiger partial charge in [0.15, 0.2) is 0 Å². The molecule has 23 heavy (non-hydrogen) atoms. The Balaban J connectivity index is 2.22. The lowest BCUT2D eigenvalue weighted by molar-refractivity contribution is 0.142. The number of piperazine rings is 1. The van der Waals surface area contributed by atoms with Gasteiger partial charge in [0.25, 0.3) is 0 Å². The van der Waals surface area contributed by atoms with Crippen molar-refractivity contribution in [2.24, 2.45) is 0 Å². The average molecular weight is 340 g/mol. The average Bonchev–Trinajstić information content (AvgIpc) is 2.55. The van der Waals surface area contributed by atoms with E-state index in [9.17, 15) is 8.42 Å². The Labute approximate surface area is 140 Å². The third kappa shape index (κ3) is 3.70. The lowest BCUT2D eigenvalue weighted by Gasteiger charge is -2.37. The van der Waals surface area contributed by atoms with Crippen molar-refractivity contribution in [2.45, 2.75) is 45.1 Å². The highest BCUT2D eigenvalue weighted by atomic mass is 32.2. The van der Waals surface area contributed by atoms with E-state index in [-0.39, 0.29) is 0 Å². The van der Waals surface area contributed by atoms with Gasteiger partial charge in [0, 0.05) is 32.2 Å². The summed E-state index contributed by atoms with van der Waals surface area (Å²) >= 11 is 0. The maximum absolute atomic E-state index is 13.0. The van der Waals surface area contributed by atoms with Crippen LogP contribution in [-0.4, -0.2) is 57.0 Å². The molecule has 1 aromatic carbocycles. The summed E-state index contributed by atoms with van der Waals surface area (Å²) in [7, 11) is -1.84. The van der Waals surface area contributed by atoms with E-state index in [1.807, 2.05) is 13.8 Å². The van der Waals surface area contributed by atoms with Crippen molar-refractivity contribution < 1.29 is 13.2 Å². The first kappa shape index (κ1) is 18.2. The first-order valence-corrected chi connectivity index (χ1v) is 9.64. The lowest BCUT2D eigenvalue weighted by atomic mass is 10.1. The first-order chi connectivity index (χ1) is 10.8. The molecule has 0 bridgehead atoms. The van der Waals surface area contributed by atoms with Gasteiger partial charge in [0.1, 0.15) is 5.75 Å². The van der Waals surface area contributed by atoms with Crippen LogP contribution in [0.3, 0.4) is 0 Å². The second-order valence-electron chi connectivity index (χ2n) is 6.28. The molecule has 1 saturated heterocycles. The molecule has 0 spiro atoms. The molecule has 1 aromatic rings. The standard InChI is InChI=1S/C17H28N2O3S/c1-6-15(4)18-7-9-19(10-8-18)23(20,21)17-12-13(2)16(22-5)11-14(17)3/h11-12,15H,6-10H2,1-5H3.